The van der Waals surface area contributed by atoms with Crippen LogP contribution in [0, 0.1) is 23.2 Å². The van der Waals surface area contributed by atoms with Crippen LogP contribution in [-0.2, 0) is 4.74 Å². The molecule has 0 aromatic rings. The molecule has 0 aliphatic carbocycles. The molecule has 0 aromatic carbocycles. The summed E-state index contributed by atoms with van der Waals surface area (Å²) in [5.41, 5.74) is 0.351. The molecule has 0 radical (unpaired) electrons. The molecular formula is C16H32O. The number of rotatable bonds is 3. The summed E-state index contributed by atoms with van der Waals surface area (Å²) in [5.74, 6) is 2.22. The van der Waals surface area contributed by atoms with Gasteiger partial charge in [-0.2, -0.15) is 0 Å². The lowest BCUT2D eigenvalue weighted by atomic mass is 9.63. The van der Waals surface area contributed by atoms with Crippen LogP contribution in [0.2, 0.25) is 0 Å². The van der Waals surface area contributed by atoms with E-state index < -0.39 is 0 Å². The molecule has 0 amide bonds. The molecule has 1 saturated heterocycles. The summed E-state index contributed by atoms with van der Waals surface area (Å²) in [7, 11) is 0. The Morgan fingerprint density at radius 1 is 1.06 bits per heavy atom. The summed E-state index contributed by atoms with van der Waals surface area (Å²) >= 11 is 0. The van der Waals surface area contributed by atoms with Crippen molar-refractivity contribution < 1.29 is 4.74 Å². The van der Waals surface area contributed by atoms with Gasteiger partial charge in [-0.15, -0.1) is 0 Å². The van der Waals surface area contributed by atoms with Gasteiger partial charge in [-0.05, 0) is 42.9 Å². The van der Waals surface area contributed by atoms with E-state index in [1.807, 2.05) is 0 Å². The second-order valence-electron chi connectivity index (χ2n) is 6.99. The van der Waals surface area contributed by atoms with Gasteiger partial charge in [-0.1, -0.05) is 48.0 Å². The maximum absolute atomic E-state index is 6.31. The predicted molar refractivity (Wildman–Crippen MR) is 75.1 cm³/mol. The SMILES string of the molecule is CCCC1C(CC)OC(C)C(C(C)(C)C)C1C. The zero-order valence-corrected chi connectivity index (χ0v) is 12.9. The molecule has 1 heteroatoms. The van der Waals surface area contributed by atoms with E-state index in [2.05, 4.69) is 48.5 Å². The molecule has 1 aliphatic rings. The van der Waals surface area contributed by atoms with Gasteiger partial charge >= 0.3 is 0 Å². The highest BCUT2D eigenvalue weighted by Gasteiger charge is 2.44. The molecule has 0 spiro atoms. The van der Waals surface area contributed by atoms with Gasteiger partial charge in [-0.25, -0.2) is 0 Å². The first kappa shape index (κ1) is 15.0. The summed E-state index contributed by atoms with van der Waals surface area (Å²) in [5, 5.41) is 0. The quantitative estimate of drug-likeness (QED) is 0.682. The molecule has 0 bridgehead atoms. The Kier molecular flexibility index (Phi) is 5.07. The summed E-state index contributed by atoms with van der Waals surface area (Å²) in [6.45, 7) is 16.4. The van der Waals surface area contributed by atoms with Crippen molar-refractivity contribution >= 4 is 0 Å². The summed E-state index contributed by atoms with van der Waals surface area (Å²) in [6, 6.07) is 0. The van der Waals surface area contributed by atoms with E-state index in [9.17, 15) is 0 Å². The minimum atomic E-state index is 0.351. The molecule has 5 atom stereocenters. The third-order valence-corrected chi connectivity index (χ3v) is 4.64. The Labute approximate surface area is 108 Å². The second kappa shape index (κ2) is 5.73. The molecule has 1 aliphatic heterocycles. The van der Waals surface area contributed by atoms with E-state index in [-0.39, 0.29) is 0 Å². The third kappa shape index (κ3) is 3.24. The normalized spacial score (nSPS) is 39.4. The minimum Gasteiger partial charge on any atom is -0.375 e. The number of hydrogen-bond donors (Lipinski definition) is 0. The standard InChI is InChI=1S/C16H32O/c1-8-10-13-11(3)15(16(5,6)7)12(4)17-14(13)9-2/h11-15H,8-10H2,1-7H3. The van der Waals surface area contributed by atoms with Crippen LogP contribution in [-0.4, -0.2) is 12.2 Å². The molecule has 1 rings (SSSR count). The lowest BCUT2D eigenvalue weighted by Crippen LogP contribution is -2.50. The maximum Gasteiger partial charge on any atom is 0.0607 e. The molecule has 1 nitrogen and oxygen atoms in total. The van der Waals surface area contributed by atoms with Crippen LogP contribution < -0.4 is 0 Å². The molecule has 0 N–H and O–H groups in total. The minimum absolute atomic E-state index is 0.351. The van der Waals surface area contributed by atoms with Gasteiger partial charge in [0, 0.05) is 0 Å². The van der Waals surface area contributed by atoms with E-state index in [0.29, 0.717) is 23.5 Å². The average Bonchev–Trinajstić information content (AvgIpc) is 2.19. The van der Waals surface area contributed by atoms with Gasteiger partial charge in [0.2, 0.25) is 0 Å². The number of hydrogen-bond acceptors (Lipinski definition) is 1. The van der Waals surface area contributed by atoms with Crippen LogP contribution in [0.5, 0.6) is 0 Å². The van der Waals surface area contributed by atoms with Crippen molar-refractivity contribution in [3.63, 3.8) is 0 Å². The van der Waals surface area contributed by atoms with Crippen LogP contribution >= 0.6 is 0 Å². The van der Waals surface area contributed by atoms with E-state index in [0.717, 1.165) is 18.3 Å². The molecule has 102 valence electrons. The first-order valence-electron chi connectivity index (χ1n) is 7.48. The molecule has 0 saturated carbocycles. The Morgan fingerprint density at radius 3 is 2.06 bits per heavy atom. The fourth-order valence-corrected chi connectivity index (χ4v) is 4.17. The fraction of sp³-hybridized carbons (Fsp3) is 1.00. The molecule has 1 heterocycles. The average molecular weight is 240 g/mol. The van der Waals surface area contributed by atoms with Crippen molar-refractivity contribution in [3.05, 3.63) is 0 Å². The first-order chi connectivity index (χ1) is 7.82. The van der Waals surface area contributed by atoms with E-state index >= 15 is 0 Å². The molecule has 0 aromatic heterocycles. The lowest BCUT2D eigenvalue weighted by molar-refractivity contribution is -0.162. The highest BCUT2D eigenvalue weighted by Crippen LogP contribution is 2.46. The van der Waals surface area contributed by atoms with Gasteiger partial charge in [0.25, 0.3) is 0 Å². The van der Waals surface area contributed by atoms with Crippen LogP contribution in [0.1, 0.15) is 67.7 Å². The smallest absolute Gasteiger partial charge is 0.0607 e. The Balaban J connectivity index is 2.89. The Hall–Kier alpha value is -0.0400. The van der Waals surface area contributed by atoms with Crippen molar-refractivity contribution in [2.45, 2.75) is 79.9 Å². The molecule has 5 unspecified atom stereocenters. The molecular weight excluding hydrogens is 208 g/mol. The van der Waals surface area contributed by atoms with Crippen molar-refractivity contribution in [3.8, 4) is 0 Å². The van der Waals surface area contributed by atoms with Gasteiger partial charge < -0.3 is 4.74 Å². The number of ether oxygens (including phenoxy) is 1. The maximum atomic E-state index is 6.31. The predicted octanol–water partition coefficient (Wildman–Crippen LogP) is 4.90. The zero-order chi connectivity index (χ0) is 13.2. The zero-order valence-electron chi connectivity index (χ0n) is 12.9. The van der Waals surface area contributed by atoms with Gasteiger partial charge in [0.05, 0.1) is 12.2 Å². The molecule has 17 heavy (non-hydrogen) atoms. The Bertz CT molecular complexity index is 228. The van der Waals surface area contributed by atoms with Crippen LogP contribution in [0.25, 0.3) is 0 Å². The largest absolute Gasteiger partial charge is 0.375 e. The van der Waals surface area contributed by atoms with E-state index in [1.54, 1.807) is 0 Å². The monoisotopic (exact) mass is 240 g/mol. The highest BCUT2D eigenvalue weighted by atomic mass is 16.5. The summed E-state index contributed by atoms with van der Waals surface area (Å²) in [4.78, 5) is 0. The van der Waals surface area contributed by atoms with E-state index in [4.69, 9.17) is 4.74 Å². The topological polar surface area (TPSA) is 9.23 Å². The van der Waals surface area contributed by atoms with Crippen LogP contribution in [0.3, 0.4) is 0 Å². The van der Waals surface area contributed by atoms with Crippen LogP contribution in [0.15, 0.2) is 0 Å². The van der Waals surface area contributed by atoms with Gasteiger partial charge in [0.15, 0.2) is 0 Å². The summed E-state index contributed by atoms with van der Waals surface area (Å²) < 4.78 is 6.31. The Morgan fingerprint density at radius 2 is 1.65 bits per heavy atom. The van der Waals surface area contributed by atoms with E-state index in [1.165, 1.54) is 12.8 Å². The lowest BCUT2D eigenvalue weighted by Gasteiger charge is -2.50. The summed E-state index contributed by atoms with van der Waals surface area (Å²) in [6.07, 6.45) is 4.65. The fourth-order valence-electron chi connectivity index (χ4n) is 4.17. The van der Waals surface area contributed by atoms with Crippen molar-refractivity contribution in [1.29, 1.82) is 0 Å². The molecule has 1 fully saturated rings. The third-order valence-electron chi connectivity index (χ3n) is 4.64. The van der Waals surface area contributed by atoms with Crippen molar-refractivity contribution in [2.24, 2.45) is 23.2 Å². The first-order valence-corrected chi connectivity index (χ1v) is 7.48. The van der Waals surface area contributed by atoms with Gasteiger partial charge in [0.1, 0.15) is 0 Å². The second-order valence-corrected chi connectivity index (χ2v) is 6.99. The van der Waals surface area contributed by atoms with Crippen molar-refractivity contribution in [2.75, 3.05) is 0 Å². The van der Waals surface area contributed by atoms with Crippen molar-refractivity contribution in [1.82, 2.24) is 0 Å². The van der Waals surface area contributed by atoms with Crippen LogP contribution in [0.4, 0.5) is 0 Å². The van der Waals surface area contributed by atoms with Gasteiger partial charge in [-0.3, -0.25) is 0 Å². The highest BCUT2D eigenvalue weighted by molar-refractivity contribution is 4.92.